The van der Waals surface area contributed by atoms with Crippen LogP contribution in [0.3, 0.4) is 0 Å². The van der Waals surface area contributed by atoms with Crippen molar-refractivity contribution >= 4 is 0 Å². The topological polar surface area (TPSA) is 21.3 Å². The first kappa shape index (κ1) is 10.3. The molecule has 1 N–H and O–H groups in total. The first-order valence-electron chi connectivity index (χ1n) is 6.22. The third-order valence-corrected chi connectivity index (χ3v) is 3.88. The predicted octanol–water partition coefficient (Wildman–Crippen LogP) is 2.23. The third-order valence-electron chi connectivity index (χ3n) is 3.88. The number of nitrogens with one attached hydrogen (secondary N) is 1. The normalized spacial score (nSPS) is 29.6. The highest BCUT2D eigenvalue weighted by Gasteiger charge is 2.33. The SMILES string of the molecule is Cc1ccccc1C1CC(NC2COC2)C1. The molecule has 0 spiro atoms. The predicted molar refractivity (Wildman–Crippen MR) is 64.7 cm³/mol. The average Bonchev–Trinajstić information content (AvgIpc) is 2.15. The molecule has 1 heterocycles. The fraction of sp³-hybridized carbons (Fsp3) is 0.571. The van der Waals surface area contributed by atoms with Gasteiger partial charge in [0.15, 0.2) is 0 Å². The Morgan fingerprint density at radius 2 is 1.88 bits per heavy atom. The lowest BCUT2D eigenvalue weighted by Gasteiger charge is -2.41. The molecule has 0 aromatic heterocycles. The summed E-state index contributed by atoms with van der Waals surface area (Å²) in [5, 5.41) is 3.65. The Morgan fingerprint density at radius 1 is 1.12 bits per heavy atom. The van der Waals surface area contributed by atoms with E-state index < -0.39 is 0 Å². The van der Waals surface area contributed by atoms with E-state index in [0.29, 0.717) is 6.04 Å². The van der Waals surface area contributed by atoms with Gasteiger partial charge in [-0.1, -0.05) is 24.3 Å². The van der Waals surface area contributed by atoms with Crippen LogP contribution >= 0.6 is 0 Å². The molecular formula is C14H19NO. The van der Waals surface area contributed by atoms with Gasteiger partial charge in [0.2, 0.25) is 0 Å². The van der Waals surface area contributed by atoms with Gasteiger partial charge < -0.3 is 10.1 Å². The van der Waals surface area contributed by atoms with Crippen LogP contribution in [-0.4, -0.2) is 25.3 Å². The van der Waals surface area contributed by atoms with Crippen LogP contribution < -0.4 is 5.32 Å². The van der Waals surface area contributed by atoms with Gasteiger partial charge in [-0.25, -0.2) is 0 Å². The quantitative estimate of drug-likeness (QED) is 0.838. The summed E-state index contributed by atoms with van der Waals surface area (Å²) in [5.74, 6) is 0.777. The zero-order chi connectivity index (χ0) is 11.0. The van der Waals surface area contributed by atoms with Gasteiger partial charge in [0.1, 0.15) is 0 Å². The molecule has 0 radical (unpaired) electrons. The van der Waals surface area contributed by atoms with E-state index in [1.165, 1.54) is 18.4 Å². The van der Waals surface area contributed by atoms with Crippen LogP contribution in [0.25, 0.3) is 0 Å². The van der Waals surface area contributed by atoms with Gasteiger partial charge in [-0.2, -0.15) is 0 Å². The van der Waals surface area contributed by atoms with E-state index in [4.69, 9.17) is 4.74 Å². The van der Waals surface area contributed by atoms with E-state index >= 15 is 0 Å². The van der Waals surface area contributed by atoms with Crippen molar-refractivity contribution in [1.82, 2.24) is 5.32 Å². The average molecular weight is 217 g/mol. The van der Waals surface area contributed by atoms with Crippen molar-refractivity contribution in [3.63, 3.8) is 0 Å². The minimum absolute atomic E-state index is 0.628. The van der Waals surface area contributed by atoms with Crippen molar-refractivity contribution in [3.8, 4) is 0 Å². The molecule has 0 unspecified atom stereocenters. The van der Waals surface area contributed by atoms with E-state index in [2.05, 4.69) is 36.5 Å². The maximum Gasteiger partial charge on any atom is 0.0643 e. The molecule has 1 aromatic carbocycles. The Morgan fingerprint density at radius 3 is 2.50 bits per heavy atom. The minimum atomic E-state index is 0.628. The maximum atomic E-state index is 5.17. The van der Waals surface area contributed by atoms with Crippen LogP contribution in [0.5, 0.6) is 0 Å². The fourth-order valence-corrected chi connectivity index (χ4v) is 2.72. The third kappa shape index (κ3) is 1.87. The first-order valence-corrected chi connectivity index (χ1v) is 6.22. The molecule has 1 aliphatic carbocycles. The number of ether oxygens (including phenoxy) is 1. The Balaban J connectivity index is 1.54. The standard InChI is InChI=1S/C14H19NO/c1-10-4-2-3-5-14(10)11-6-12(7-11)15-13-8-16-9-13/h2-5,11-13,15H,6-9H2,1H3. The number of hydrogen-bond acceptors (Lipinski definition) is 2. The highest BCUT2D eigenvalue weighted by Crippen LogP contribution is 2.38. The van der Waals surface area contributed by atoms with Crippen molar-refractivity contribution < 1.29 is 4.74 Å². The summed E-state index contributed by atoms with van der Waals surface area (Å²) >= 11 is 0. The van der Waals surface area contributed by atoms with Gasteiger partial charge in [-0.05, 0) is 36.8 Å². The van der Waals surface area contributed by atoms with E-state index in [-0.39, 0.29) is 0 Å². The van der Waals surface area contributed by atoms with Gasteiger partial charge in [-0.3, -0.25) is 0 Å². The molecule has 0 atom stereocenters. The van der Waals surface area contributed by atoms with Crippen molar-refractivity contribution in [1.29, 1.82) is 0 Å². The van der Waals surface area contributed by atoms with Crippen LogP contribution in [0, 0.1) is 6.92 Å². The van der Waals surface area contributed by atoms with Crippen molar-refractivity contribution in [2.24, 2.45) is 0 Å². The van der Waals surface area contributed by atoms with Crippen LogP contribution in [0.15, 0.2) is 24.3 Å². The van der Waals surface area contributed by atoms with Gasteiger partial charge in [-0.15, -0.1) is 0 Å². The molecule has 2 fully saturated rings. The Labute approximate surface area is 97.0 Å². The van der Waals surface area contributed by atoms with E-state index in [0.717, 1.165) is 25.2 Å². The molecular weight excluding hydrogens is 198 g/mol. The number of rotatable bonds is 3. The second-order valence-electron chi connectivity index (χ2n) is 5.12. The largest absolute Gasteiger partial charge is 0.378 e. The lowest BCUT2D eigenvalue weighted by Crippen LogP contribution is -2.53. The van der Waals surface area contributed by atoms with Gasteiger partial charge in [0.05, 0.1) is 19.3 Å². The Bertz CT molecular complexity index is 367. The molecule has 1 aromatic rings. The Kier molecular flexibility index (Phi) is 2.70. The smallest absolute Gasteiger partial charge is 0.0643 e. The van der Waals surface area contributed by atoms with Crippen LogP contribution in [-0.2, 0) is 4.74 Å². The second kappa shape index (κ2) is 4.19. The van der Waals surface area contributed by atoms with E-state index in [9.17, 15) is 0 Å². The number of benzene rings is 1. The molecule has 16 heavy (non-hydrogen) atoms. The zero-order valence-corrected chi connectivity index (χ0v) is 9.78. The second-order valence-corrected chi connectivity index (χ2v) is 5.12. The van der Waals surface area contributed by atoms with Crippen molar-refractivity contribution in [2.45, 2.75) is 37.8 Å². The molecule has 1 saturated carbocycles. The molecule has 0 amide bonds. The van der Waals surface area contributed by atoms with Crippen LogP contribution in [0.1, 0.15) is 29.9 Å². The number of hydrogen-bond donors (Lipinski definition) is 1. The fourth-order valence-electron chi connectivity index (χ4n) is 2.72. The van der Waals surface area contributed by atoms with Gasteiger partial charge in [0.25, 0.3) is 0 Å². The molecule has 2 heteroatoms. The van der Waals surface area contributed by atoms with Gasteiger partial charge >= 0.3 is 0 Å². The van der Waals surface area contributed by atoms with Crippen LogP contribution in [0.2, 0.25) is 0 Å². The first-order chi connectivity index (χ1) is 7.83. The summed E-state index contributed by atoms with van der Waals surface area (Å²) in [5.41, 5.74) is 2.99. The van der Waals surface area contributed by atoms with E-state index in [1.54, 1.807) is 5.56 Å². The molecule has 86 valence electrons. The highest BCUT2D eigenvalue weighted by molar-refractivity contribution is 5.31. The Hall–Kier alpha value is -0.860. The molecule has 3 rings (SSSR count). The molecule has 0 bridgehead atoms. The molecule has 2 nitrogen and oxygen atoms in total. The number of aryl methyl sites for hydroxylation is 1. The van der Waals surface area contributed by atoms with Crippen molar-refractivity contribution in [3.05, 3.63) is 35.4 Å². The molecule has 2 aliphatic rings. The molecule has 1 saturated heterocycles. The minimum Gasteiger partial charge on any atom is -0.378 e. The summed E-state index contributed by atoms with van der Waals surface area (Å²) in [4.78, 5) is 0. The lowest BCUT2D eigenvalue weighted by molar-refractivity contribution is -0.0157. The lowest BCUT2D eigenvalue weighted by atomic mass is 9.74. The molecule has 1 aliphatic heterocycles. The van der Waals surface area contributed by atoms with Crippen LogP contribution in [0.4, 0.5) is 0 Å². The maximum absolute atomic E-state index is 5.17. The zero-order valence-electron chi connectivity index (χ0n) is 9.78. The van der Waals surface area contributed by atoms with E-state index in [1.807, 2.05) is 0 Å². The summed E-state index contributed by atoms with van der Waals surface area (Å²) in [6.07, 6.45) is 2.59. The summed E-state index contributed by atoms with van der Waals surface area (Å²) < 4.78 is 5.17. The summed E-state index contributed by atoms with van der Waals surface area (Å²) in [7, 11) is 0. The monoisotopic (exact) mass is 217 g/mol. The van der Waals surface area contributed by atoms with Gasteiger partial charge in [0, 0.05) is 6.04 Å². The van der Waals surface area contributed by atoms with Crippen molar-refractivity contribution in [2.75, 3.05) is 13.2 Å². The highest BCUT2D eigenvalue weighted by atomic mass is 16.5. The summed E-state index contributed by atoms with van der Waals surface area (Å²) in [6, 6.07) is 10.1. The summed E-state index contributed by atoms with van der Waals surface area (Å²) in [6.45, 7) is 4.03.